The maximum absolute atomic E-state index is 2.38. The van der Waals surface area contributed by atoms with Crippen molar-refractivity contribution in [2.24, 2.45) is 0 Å². The normalized spacial score (nSPS) is 18.6. The minimum absolute atomic E-state index is 0.434. The van der Waals surface area contributed by atoms with Crippen molar-refractivity contribution in [3.8, 4) is 0 Å². The van der Waals surface area contributed by atoms with Crippen molar-refractivity contribution in [1.82, 2.24) is 0 Å². The average molecular weight is 308 g/mol. The molecule has 1 atom stereocenters. The molecule has 3 aromatic carbocycles. The predicted octanol–water partition coefficient (Wildman–Crippen LogP) is 6.34. The molecule has 0 heterocycles. The van der Waals surface area contributed by atoms with E-state index in [1.54, 1.807) is 0 Å². The first kappa shape index (κ1) is 14.7. The number of hydrogen-bond donors (Lipinski definition) is 0. The molecule has 3 aromatic rings. The van der Waals surface area contributed by atoms with Gasteiger partial charge in [-0.25, -0.2) is 0 Å². The van der Waals surface area contributed by atoms with Crippen LogP contribution in [0.25, 0.3) is 11.6 Å². The highest BCUT2D eigenvalue weighted by molar-refractivity contribution is 5.80. The summed E-state index contributed by atoms with van der Waals surface area (Å²) in [4.78, 5) is 0. The monoisotopic (exact) mass is 308 g/mol. The van der Waals surface area contributed by atoms with Crippen molar-refractivity contribution in [3.63, 3.8) is 0 Å². The van der Waals surface area contributed by atoms with E-state index in [0.717, 1.165) is 6.42 Å². The summed E-state index contributed by atoms with van der Waals surface area (Å²) in [6.45, 7) is 0. The molecule has 1 aliphatic carbocycles. The van der Waals surface area contributed by atoms with Gasteiger partial charge in [-0.05, 0) is 34.3 Å². The Balaban J connectivity index is 1.75. The highest BCUT2D eigenvalue weighted by Gasteiger charge is 2.24. The summed E-state index contributed by atoms with van der Waals surface area (Å²) in [6.07, 6.45) is 5.75. The molecule has 0 N–H and O–H groups in total. The second kappa shape index (κ2) is 6.72. The van der Waals surface area contributed by atoms with Crippen LogP contribution in [0.15, 0.2) is 103 Å². The highest BCUT2D eigenvalue weighted by atomic mass is 14.3. The van der Waals surface area contributed by atoms with Crippen LogP contribution in [0.3, 0.4) is 0 Å². The molecule has 1 aliphatic rings. The third-order valence-electron chi connectivity index (χ3n) is 4.62. The summed E-state index contributed by atoms with van der Waals surface area (Å²) in [7, 11) is 0. The zero-order valence-electron chi connectivity index (χ0n) is 13.6. The molecule has 0 fully saturated rings. The van der Waals surface area contributed by atoms with Gasteiger partial charge in [0.05, 0.1) is 0 Å². The van der Waals surface area contributed by atoms with E-state index in [4.69, 9.17) is 0 Å². The molecule has 0 saturated heterocycles. The van der Waals surface area contributed by atoms with Crippen LogP contribution in [0.5, 0.6) is 0 Å². The highest BCUT2D eigenvalue weighted by Crippen LogP contribution is 2.43. The van der Waals surface area contributed by atoms with Gasteiger partial charge in [0.25, 0.3) is 0 Å². The van der Waals surface area contributed by atoms with Crippen LogP contribution in [0.1, 0.15) is 29.0 Å². The van der Waals surface area contributed by atoms with Crippen LogP contribution < -0.4 is 0 Å². The zero-order valence-corrected chi connectivity index (χ0v) is 13.6. The van der Waals surface area contributed by atoms with E-state index in [1.165, 1.54) is 27.8 Å². The zero-order chi connectivity index (χ0) is 16.2. The fourth-order valence-corrected chi connectivity index (χ4v) is 3.47. The van der Waals surface area contributed by atoms with E-state index in [0.29, 0.717) is 5.92 Å². The van der Waals surface area contributed by atoms with Crippen molar-refractivity contribution in [2.45, 2.75) is 12.3 Å². The molecular formula is C24H20. The summed E-state index contributed by atoms with van der Waals surface area (Å²) >= 11 is 0. The van der Waals surface area contributed by atoms with E-state index < -0.39 is 0 Å². The summed E-state index contributed by atoms with van der Waals surface area (Å²) in [5, 5.41) is 0. The maximum atomic E-state index is 2.38. The molecule has 116 valence electrons. The molecular weight excluding hydrogens is 288 g/mol. The number of rotatable bonds is 3. The minimum Gasteiger partial charge on any atom is -0.0622 e. The number of allylic oxidation sites excluding steroid dienone is 3. The summed E-state index contributed by atoms with van der Waals surface area (Å²) < 4.78 is 0. The lowest BCUT2D eigenvalue weighted by atomic mass is 9.88. The molecule has 0 heteroatoms. The van der Waals surface area contributed by atoms with Crippen molar-refractivity contribution >= 4 is 11.6 Å². The van der Waals surface area contributed by atoms with Gasteiger partial charge < -0.3 is 0 Å². The van der Waals surface area contributed by atoms with Crippen molar-refractivity contribution < 1.29 is 0 Å². The summed E-state index contributed by atoms with van der Waals surface area (Å²) in [5.74, 6) is 0.434. The fourth-order valence-electron chi connectivity index (χ4n) is 3.47. The summed E-state index contributed by atoms with van der Waals surface area (Å²) in [6, 6.07) is 32.2. The first-order valence-corrected chi connectivity index (χ1v) is 8.48. The van der Waals surface area contributed by atoms with E-state index >= 15 is 0 Å². The van der Waals surface area contributed by atoms with Gasteiger partial charge >= 0.3 is 0 Å². The van der Waals surface area contributed by atoms with Crippen LogP contribution in [-0.2, 0) is 0 Å². The first-order valence-electron chi connectivity index (χ1n) is 8.48. The Hall–Kier alpha value is -2.86. The molecule has 0 amide bonds. The van der Waals surface area contributed by atoms with E-state index in [1.807, 2.05) is 0 Å². The standard InChI is InChI=1S/C24H20/c1-4-10-19(11-5-1)16-20-17-23(21-12-6-2-7-13-21)24(18-20)22-14-8-3-9-15-22/h1-17,24H,18H2/b20-16+. The lowest BCUT2D eigenvalue weighted by Gasteiger charge is -2.15. The lowest BCUT2D eigenvalue weighted by molar-refractivity contribution is 0.896. The minimum atomic E-state index is 0.434. The third kappa shape index (κ3) is 3.09. The largest absolute Gasteiger partial charge is 0.0622 e. The lowest BCUT2D eigenvalue weighted by Crippen LogP contribution is -1.97. The SMILES string of the molecule is C1=C(c2ccccc2)C(c2ccccc2)C/C1=C/c1ccccc1. The molecule has 0 spiro atoms. The van der Waals surface area contributed by atoms with Crippen molar-refractivity contribution in [2.75, 3.05) is 0 Å². The van der Waals surface area contributed by atoms with Crippen LogP contribution in [0.2, 0.25) is 0 Å². The molecule has 0 aromatic heterocycles. The van der Waals surface area contributed by atoms with E-state index in [2.05, 4.69) is 103 Å². The van der Waals surface area contributed by atoms with E-state index in [-0.39, 0.29) is 0 Å². The fraction of sp³-hybridized carbons (Fsp3) is 0.0833. The molecule has 0 nitrogen and oxygen atoms in total. The summed E-state index contributed by atoms with van der Waals surface area (Å²) in [5.41, 5.74) is 6.80. The van der Waals surface area contributed by atoms with Crippen LogP contribution in [-0.4, -0.2) is 0 Å². The number of hydrogen-bond acceptors (Lipinski definition) is 0. The first-order chi connectivity index (χ1) is 11.9. The average Bonchev–Trinajstić information content (AvgIpc) is 3.08. The van der Waals surface area contributed by atoms with Gasteiger partial charge in [-0.3, -0.25) is 0 Å². The molecule has 1 unspecified atom stereocenters. The van der Waals surface area contributed by atoms with Gasteiger partial charge in [0.1, 0.15) is 0 Å². The second-order valence-corrected chi connectivity index (χ2v) is 6.26. The Bertz CT molecular complexity index is 856. The van der Waals surface area contributed by atoms with Gasteiger partial charge in [0, 0.05) is 5.92 Å². The Labute approximate surface area is 143 Å². The Morgan fingerprint density at radius 1 is 0.667 bits per heavy atom. The van der Waals surface area contributed by atoms with Crippen LogP contribution >= 0.6 is 0 Å². The Morgan fingerprint density at radius 3 is 1.92 bits per heavy atom. The van der Waals surface area contributed by atoms with Gasteiger partial charge in [-0.1, -0.05) is 103 Å². The number of benzene rings is 3. The molecule has 0 bridgehead atoms. The third-order valence-corrected chi connectivity index (χ3v) is 4.62. The molecule has 4 rings (SSSR count). The van der Waals surface area contributed by atoms with Gasteiger partial charge in [-0.15, -0.1) is 0 Å². The molecule has 0 saturated carbocycles. The quantitative estimate of drug-likeness (QED) is 0.529. The molecule has 0 aliphatic heterocycles. The maximum Gasteiger partial charge on any atom is 0.0136 e. The second-order valence-electron chi connectivity index (χ2n) is 6.26. The molecule has 0 radical (unpaired) electrons. The smallest absolute Gasteiger partial charge is 0.0136 e. The van der Waals surface area contributed by atoms with Gasteiger partial charge in [0.2, 0.25) is 0 Å². The van der Waals surface area contributed by atoms with Gasteiger partial charge in [-0.2, -0.15) is 0 Å². The Morgan fingerprint density at radius 2 is 1.25 bits per heavy atom. The topological polar surface area (TPSA) is 0 Å². The van der Waals surface area contributed by atoms with Gasteiger partial charge in [0.15, 0.2) is 0 Å². The molecule has 24 heavy (non-hydrogen) atoms. The predicted molar refractivity (Wildman–Crippen MR) is 103 cm³/mol. The van der Waals surface area contributed by atoms with Crippen molar-refractivity contribution in [3.05, 3.63) is 119 Å². The van der Waals surface area contributed by atoms with Crippen molar-refractivity contribution in [1.29, 1.82) is 0 Å². The Kier molecular flexibility index (Phi) is 4.12. The van der Waals surface area contributed by atoms with Crippen LogP contribution in [0, 0.1) is 0 Å². The van der Waals surface area contributed by atoms with Crippen LogP contribution in [0.4, 0.5) is 0 Å². The van der Waals surface area contributed by atoms with E-state index in [9.17, 15) is 0 Å².